The SMILES string of the molecule is O=C1C=C(C(=O)N[C@@H]2CCN(C3C(C(=O)N4CCOCC4)CC(Br)CC3C(F)(F)F)C2)C2CC(F)CC(F)C2N1. The Kier molecular flexibility index (Phi) is 8.78. The minimum absolute atomic E-state index is 0.00876. The van der Waals surface area contributed by atoms with E-state index in [1.807, 2.05) is 0 Å². The van der Waals surface area contributed by atoms with Gasteiger partial charge in [-0.3, -0.25) is 19.3 Å². The number of nitrogens with zero attached hydrogens (tertiary/aromatic N) is 2. The second-order valence-corrected chi connectivity index (χ2v) is 12.8. The van der Waals surface area contributed by atoms with Crippen LogP contribution in [0.3, 0.4) is 0 Å². The molecular weight excluding hydrogens is 607 g/mol. The van der Waals surface area contributed by atoms with Crippen LogP contribution >= 0.6 is 15.9 Å². The maximum atomic E-state index is 14.5. The highest BCUT2D eigenvalue weighted by Gasteiger charge is 2.56. The standard InChI is InChI=1S/C26H34BrF5N4O4/c27-13-7-18(25(39)35-3-5-40-6-4-35)23(19(8-13)26(30,31)32)36-2-1-15(12-36)33-24(38)17-11-21(37)34-22-16(17)9-14(28)10-20(22)29/h11,13-16,18-20,22-23H,1-10,12H2,(H,33,38)(H,34,37)/t13?,14?,15-,16?,18?,19?,20?,22?,23?/m1/s1. The van der Waals surface area contributed by atoms with Gasteiger partial charge in [-0.25, -0.2) is 8.78 Å². The van der Waals surface area contributed by atoms with Crippen LogP contribution in [-0.2, 0) is 19.1 Å². The van der Waals surface area contributed by atoms with Crippen molar-refractivity contribution in [1.82, 2.24) is 20.4 Å². The van der Waals surface area contributed by atoms with Crippen LogP contribution in [0.2, 0.25) is 0 Å². The second kappa shape index (κ2) is 11.8. The number of morpholine rings is 1. The van der Waals surface area contributed by atoms with Gasteiger partial charge in [0.25, 0.3) is 0 Å². The molecular formula is C26H34BrF5N4O4. The summed E-state index contributed by atoms with van der Waals surface area (Å²) in [4.78, 5) is 41.6. The number of hydrogen-bond donors (Lipinski definition) is 2. The zero-order chi connectivity index (χ0) is 28.8. The summed E-state index contributed by atoms with van der Waals surface area (Å²) in [6.07, 6.45) is -6.55. The third-order valence-electron chi connectivity index (χ3n) is 8.95. The van der Waals surface area contributed by atoms with E-state index in [-0.39, 0.29) is 50.3 Å². The van der Waals surface area contributed by atoms with E-state index in [1.165, 1.54) is 0 Å². The first kappa shape index (κ1) is 29.7. The number of carbonyl (C=O) groups is 3. The largest absolute Gasteiger partial charge is 0.393 e. The number of rotatable bonds is 4. The fraction of sp³-hybridized carbons (Fsp3) is 0.808. The van der Waals surface area contributed by atoms with Crippen LogP contribution in [0.5, 0.6) is 0 Å². The van der Waals surface area contributed by atoms with Crippen molar-refractivity contribution >= 4 is 33.7 Å². The molecule has 0 aromatic heterocycles. The van der Waals surface area contributed by atoms with Crippen molar-refractivity contribution in [2.75, 3.05) is 39.4 Å². The van der Waals surface area contributed by atoms with Crippen molar-refractivity contribution in [3.05, 3.63) is 11.6 Å². The molecule has 2 saturated heterocycles. The average molecular weight is 641 g/mol. The van der Waals surface area contributed by atoms with E-state index in [4.69, 9.17) is 4.74 Å². The monoisotopic (exact) mass is 640 g/mol. The van der Waals surface area contributed by atoms with Crippen LogP contribution in [-0.4, -0.2) is 108 Å². The Hall–Kier alpha value is -1.80. The number of fused-ring (bicyclic) bond motifs is 1. The molecule has 3 heterocycles. The Balaban J connectivity index is 1.31. The summed E-state index contributed by atoms with van der Waals surface area (Å²) in [5.74, 6) is -5.03. The summed E-state index contributed by atoms with van der Waals surface area (Å²) in [6.45, 7) is 1.66. The highest BCUT2D eigenvalue weighted by molar-refractivity contribution is 9.09. The summed E-state index contributed by atoms with van der Waals surface area (Å²) in [6, 6.07) is -2.63. The summed E-state index contributed by atoms with van der Waals surface area (Å²) >= 11 is 3.36. The second-order valence-electron chi connectivity index (χ2n) is 11.5. The first-order valence-corrected chi connectivity index (χ1v) is 14.8. The van der Waals surface area contributed by atoms with Gasteiger partial charge < -0.3 is 20.3 Å². The number of hydrogen-bond acceptors (Lipinski definition) is 5. The zero-order valence-corrected chi connectivity index (χ0v) is 23.4. The van der Waals surface area contributed by atoms with Crippen molar-refractivity contribution in [3.63, 3.8) is 0 Å². The van der Waals surface area contributed by atoms with E-state index in [0.717, 1.165) is 6.08 Å². The van der Waals surface area contributed by atoms with E-state index >= 15 is 0 Å². The molecule has 0 aromatic rings. The molecule has 40 heavy (non-hydrogen) atoms. The molecule has 4 fully saturated rings. The lowest BCUT2D eigenvalue weighted by atomic mass is 9.74. The van der Waals surface area contributed by atoms with E-state index in [0.29, 0.717) is 32.7 Å². The van der Waals surface area contributed by atoms with Gasteiger partial charge in [0, 0.05) is 67.1 Å². The molecule has 8 unspecified atom stereocenters. The van der Waals surface area contributed by atoms with Gasteiger partial charge >= 0.3 is 6.18 Å². The Morgan fingerprint density at radius 1 is 1.07 bits per heavy atom. The van der Waals surface area contributed by atoms with Gasteiger partial charge in [0.1, 0.15) is 12.3 Å². The van der Waals surface area contributed by atoms with Crippen LogP contribution in [0.1, 0.15) is 32.1 Å². The molecule has 3 aliphatic heterocycles. The molecule has 224 valence electrons. The Morgan fingerprint density at radius 3 is 2.50 bits per heavy atom. The van der Waals surface area contributed by atoms with Gasteiger partial charge in [0.15, 0.2) is 0 Å². The molecule has 9 atom stereocenters. The summed E-state index contributed by atoms with van der Waals surface area (Å²) in [5.41, 5.74) is -0.00876. The molecule has 2 aliphatic carbocycles. The molecule has 3 amide bonds. The average Bonchev–Trinajstić information content (AvgIpc) is 3.35. The van der Waals surface area contributed by atoms with Gasteiger partial charge in [-0.1, -0.05) is 15.9 Å². The molecule has 0 bridgehead atoms. The van der Waals surface area contributed by atoms with Gasteiger partial charge in [-0.15, -0.1) is 0 Å². The molecule has 5 aliphatic rings. The number of halogens is 6. The van der Waals surface area contributed by atoms with Gasteiger partial charge in [0.05, 0.1) is 31.1 Å². The minimum Gasteiger partial charge on any atom is -0.378 e. The van der Waals surface area contributed by atoms with Gasteiger partial charge in [-0.2, -0.15) is 13.2 Å². The topological polar surface area (TPSA) is 91.0 Å². The summed E-state index contributed by atoms with van der Waals surface area (Å²) < 4.78 is 76.9. The lowest BCUT2D eigenvalue weighted by molar-refractivity contribution is -0.205. The number of alkyl halides is 6. The number of likely N-dealkylation sites (tertiary alicyclic amines) is 1. The Labute approximate surface area is 237 Å². The maximum absolute atomic E-state index is 14.5. The van der Waals surface area contributed by atoms with Crippen molar-refractivity contribution in [2.24, 2.45) is 17.8 Å². The molecule has 0 aromatic carbocycles. The Bertz CT molecular complexity index is 1030. The number of amides is 3. The maximum Gasteiger partial charge on any atom is 0.393 e. The molecule has 5 rings (SSSR count). The Morgan fingerprint density at radius 2 is 1.80 bits per heavy atom. The quantitative estimate of drug-likeness (QED) is 0.364. The minimum atomic E-state index is -4.52. The molecule has 8 nitrogen and oxygen atoms in total. The third kappa shape index (κ3) is 6.18. The zero-order valence-electron chi connectivity index (χ0n) is 21.8. The van der Waals surface area contributed by atoms with Crippen LogP contribution in [0.15, 0.2) is 11.6 Å². The summed E-state index contributed by atoms with van der Waals surface area (Å²) in [5, 5.41) is 5.28. The van der Waals surface area contributed by atoms with E-state index in [1.54, 1.807) is 9.80 Å². The number of ether oxygens (including phenoxy) is 1. The van der Waals surface area contributed by atoms with Crippen LogP contribution in [0.25, 0.3) is 0 Å². The number of nitrogens with one attached hydrogen (secondary N) is 2. The first-order chi connectivity index (χ1) is 18.9. The molecule has 0 radical (unpaired) electrons. The predicted molar refractivity (Wildman–Crippen MR) is 137 cm³/mol. The van der Waals surface area contributed by atoms with Crippen LogP contribution < -0.4 is 10.6 Å². The molecule has 2 N–H and O–H groups in total. The predicted octanol–water partition coefficient (Wildman–Crippen LogP) is 2.27. The van der Waals surface area contributed by atoms with Crippen molar-refractivity contribution < 1.29 is 41.1 Å². The van der Waals surface area contributed by atoms with Gasteiger partial charge in [-0.05, 0) is 25.7 Å². The van der Waals surface area contributed by atoms with E-state index < -0.39 is 71.0 Å². The smallest absolute Gasteiger partial charge is 0.378 e. The summed E-state index contributed by atoms with van der Waals surface area (Å²) in [7, 11) is 0. The van der Waals surface area contributed by atoms with Crippen molar-refractivity contribution in [2.45, 2.75) is 73.6 Å². The molecule has 0 spiro atoms. The van der Waals surface area contributed by atoms with Gasteiger partial charge in [0.2, 0.25) is 17.7 Å². The first-order valence-electron chi connectivity index (χ1n) is 13.8. The van der Waals surface area contributed by atoms with E-state index in [9.17, 15) is 36.3 Å². The highest BCUT2D eigenvalue weighted by atomic mass is 79.9. The fourth-order valence-corrected chi connectivity index (χ4v) is 7.92. The van der Waals surface area contributed by atoms with Crippen molar-refractivity contribution in [1.29, 1.82) is 0 Å². The molecule has 14 heteroatoms. The third-order valence-corrected chi connectivity index (χ3v) is 9.70. The highest BCUT2D eigenvalue weighted by Crippen LogP contribution is 2.46. The fourth-order valence-electron chi connectivity index (χ4n) is 7.11. The lowest BCUT2D eigenvalue weighted by Crippen LogP contribution is -2.59. The number of carbonyl (C=O) groups excluding carboxylic acids is 3. The van der Waals surface area contributed by atoms with Crippen LogP contribution in [0.4, 0.5) is 22.0 Å². The lowest BCUT2D eigenvalue weighted by Gasteiger charge is -2.46. The van der Waals surface area contributed by atoms with Crippen molar-refractivity contribution in [3.8, 4) is 0 Å². The van der Waals surface area contributed by atoms with E-state index in [2.05, 4.69) is 26.6 Å². The molecule has 2 saturated carbocycles. The van der Waals surface area contributed by atoms with Crippen LogP contribution in [0, 0.1) is 17.8 Å². The normalized spacial score (nSPS) is 39.2.